The number of nitriles is 1. The Labute approximate surface area is 133 Å². The van der Waals surface area contributed by atoms with Crippen LogP contribution < -0.4 is 0 Å². The highest BCUT2D eigenvalue weighted by Crippen LogP contribution is 2.34. The van der Waals surface area contributed by atoms with Crippen LogP contribution in [-0.2, 0) is 0 Å². The number of hydrogen-bond donors (Lipinski definition) is 0. The summed E-state index contributed by atoms with van der Waals surface area (Å²) in [5.74, 6) is 0. The fourth-order valence-electron chi connectivity index (χ4n) is 1.52. The topological polar surface area (TPSA) is 113 Å². The van der Waals surface area contributed by atoms with Crippen molar-refractivity contribution < 1.29 is 9.85 Å². The molecule has 0 saturated heterocycles. The summed E-state index contributed by atoms with van der Waals surface area (Å²) in [6.45, 7) is 0. The SMILES string of the molecule is CSN(SC)C(=S)c1c([N+](=O)[O-])cc(C#N)cc1[N+](=O)[O-]. The van der Waals surface area contributed by atoms with Gasteiger partial charge in [-0.2, -0.15) is 5.26 Å². The molecule has 1 aromatic rings. The largest absolute Gasteiger partial charge is 0.287 e. The molecule has 11 heteroatoms. The van der Waals surface area contributed by atoms with E-state index in [-0.39, 0.29) is 16.1 Å². The molecule has 1 rings (SSSR count). The second-order valence-corrected chi connectivity index (χ2v) is 5.52. The van der Waals surface area contributed by atoms with Gasteiger partial charge in [0.25, 0.3) is 11.4 Å². The minimum Gasteiger partial charge on any atom is -0.258 e. The first-order valence-electron chi connectivity index (χ1n) is 5.17. The van der Waals surface area contributed by atoms with Crippen molar-refractivity contribution in [2.45, 2.75) is 0 Å². The predicted octanol–water partition coefficient (Wildman–Crippen LogP) is 2.91. The molecule has 0 unspecified atom stereocenters. The van der Waals surface area contributed by atoms with Crippen molar-refractivity contribution in [2.75, 3.05) is 12.5 Å². The molecule has 0 atom stereocenters. The smallest absolute Gasteiger partial charge is 0.258 e. The minimum absolute atomic E-state index is 0.0436. The van der Waals surface area contributed by atoms with Gasteiger partial charge in [-0.25, -0.2) is 3.71 Å². The normalized spacial score (nSPS) is 9.76. The van der Waals surface area contributed by atoms with Gasteiger partial charge in [0.05, 0.1) is 21.5 Å². The first kappa shape index (κ1) is 17.2. The number of rotatable bonds is 5. The molecule has 8 nitrogen and oxygen atoms in total. The van der Waals surface area contributed by atoms with E-state index >= 15 is 0 Å². The lowest BCUT2D eigenvalue weighted by Gasteiger charge is -2.18. The highest BCUT2D eigenvalue weighted by Gasteiger charge is 2.32. The maximum absolute atomic E-state index is 11.2. The predicted molar refractivity (Wildman–Crippen MR) is 85.0 cm³/mol. The third-order valence-electron chi connectivity index (χ3n) is 2.33. The van der Waals surface area contributed by atoms with Crippen molar-refractivity contribution in [3.63, 3.8) is 0 Å². The molecule has 0 saturated carbocycles. The van der Waals surface area contributed by atoms with E-state index in [1.54, 1.807) is 18.6 Å². The number of thiocarbonyl (C=S) groups is 1. The van der Waals surface area contributed by atoms with Crippen LogP contribution in [-0.4, -0.2) is 31.1 Å². The summed E-state index contributed by atoms with van der Waals surface area (Å²) in [5, 5.41) is 31.1. The van der Waals surface area contributed by atoms with Crippen LogP contribution >= 0.6 is 36.1 Å². The Bertz CT molecular complexity index is 619. The Morgan fingerprint density at radius 2 is 1.67 bits per heavy atom. The lowest BCUT2D eigenvalue weighted by atomic mass is 10.1. The standard InChI is InChI=1S/C10H8N4O4S3/c1-20-14(21-2)10(19)9-7(12(15)16)3-6(5-11)4-8(9)13(17)18/h3-4H,1-2H3. The van der Waals surface area contributed by atoms with Crippen LogP contribution in [0.5, 0.6) is 0 Å². The summed E-state index contributed by atoms with van der Waals surface area (Å²) in [5.41, 5.74) is -1.56. The van der Waals surface area contributed by atoms with Crippen LogP contribution in [0.25, 0.3) is 0 Å². The molecule has 0 radical (unpaired) electrons. The zero-order valence-electron chi connectivity index (χ0n) is 10.8. The fraction of sp³-hybridized carbons (Fsp3) is 0.200. The molecule has 1 aromatic carbocycles. The Morgan fingerprint density at radius 1 is 1.24 bits per heavy atom. The van der Waals surface area contributed by atoms with Gasteiger partial charge in [-0.05, 0) is 23.9 Å². The summed E-state index contributed by atoms with van der Waals surface area (Å²) in [6.07, 6.45) is 3.37. The van der Waals surface area contributed by atoms with Crippen molar-refractivity contribution in [3.05, 3.63) is 43.5 Å². The molecule has 0 fully saturated rings. The van der Waals surface area contributed by atoms with Gasteiger partial charge >= 0.3 is 0 Å². The molecule has 0 heterocycles. The van der Waals surface area contributed by atoms with Gasteiger partial charge in [0, 0.05) is 24.6 Å². The average molecular weight is 344 g/mol. The zero-order chi connectivity index (χ0) is 16.2. The number of nitro groups is 2. The fourth-order valence-corrected chi connectivity index (χ4v) is 3.28. The first-order valence-corrected chi connectivity index (χ1v) is 7.94. The molecular weight excluding hydrogens is 336 g/mol. The third kappa shape index (κ3) is 3.60. The summed E-state index contributed by atoms with van der Waals surface area (Å²) in [4.78, 5) is 20.7. The van der Waals surface area contributed by atoms with Crippen LogP contribution in [0.1, 0.15) is 11.1 Å². The minimum atomic E-state index is -0.783. The van der Waals surface area contributed by atoms with E-state index in [9.17, 15) is 20.2 Å². The third-order valence-corrected chi connectivity index (χ3v) is 4.87. The van der Waals surface area contributed by atoms with E-state index < -0.39 is 21.2 Å². The second kappa shape index (κ2) is 7.21. The van der Waals surface area contributed by atoms with Gasteiger partial charge in [-0.3, -0.25) is 20.2 Å². The van der Waals surface area contributed by atoms with Gasteiger partial charge in [0.15, 0.2) is 5.56 Å². The van der Waals surface area contributed by atoms with Gasteiger partial charge in [0.2, 0.25) is 0 Å². The second-order valence-electron chi connectivity index (χ2n) is 3.44. The monoisotopic (exact) mass is 344 g/mol. The van der Waals surface area contributed by atoms with Crippen LogP contribution in [0.4, 0.5) is 11.4 Å². The molecule has 110 valence electrons. The molecule has 0 aliphatic rings. The number of benzene rings is 1. The Kier molecular flexibility index (Phi) is 5.89. The van der Waals surface area contributed by atoms with E-state index in [2.05, 4.69) is 0 Å². The quantitative estimate of drug-likeness (QED) is 0.344. The van der Waals surface area contributed by atoms with Crippen LogP contribution in [0.2, 0.25) is 0 Å². The summed E-state index contributed by atoms with van der Waals surface area (Å²) < 4.78 is 1.44. The van der Waals surface area contributed by atoms with Gasteiger partial charge in [-0.1, -0.05) is 12.2 Å². The van der Waals surface area contributed by atoms with Crippen LogP contribution in [0.3, 0.4) is 0 Å². The highest BCUT2D eigenvalue weighted by atomic mass is 32.2. The van der Waals surface area contributed by atoms with E-state index in [1.807, 2.05) is 0 Å². The average Bonchev–Trinajstić information content (AvgIpc) is 2.46. The Hall–Kier alpha value is -1.90. The molecule has 0 amide bonds. The van der Waals surface area contributed by atoms with Crippen molar-refractivity contribution >= 4 is 52.5 Å². The molecule has 0 aliphatic heterocycles. The van der Waals surface area contributed by atoms with Gasteiger partial charge < -0.3 is 0 Å². The van der Waals surface area contributed by atoms with Crippen LogP contribution in [0.15, 0.2) is 12.1 Å². The van der Waals surface area contributed by atoms with Crippen molar-refractivity contribution in [1.82, 2.24) is 3.71 Å². The maximum atomic E-state index is 11.2. The molecular formula is C10H8N4O4S3. The number of hydrogen-bond acceptors (Lipinski definition) is 8. The zero-order valence-corrected chi connectivity index (χ0v) is 13.3. The number of nitrogens with zero attached hydrogens (tertiary/aromatic N) is 4. The molecule has 21 heavy (non-hydrogen) atoms. The van der Waals surface area contributed by atoms with Crippen LogP contribution in [0, 0.1) is 31.6 Å². The van der Waals surface area contributed by atoms with Crippen molar-refractivity contribution in [2.24, 2.45) is 0 Å². The van der Waals surface area contributed by atoms with Gasteiger partial charge in [0.1, 0.15) is 4.99 Å². The molecule has 0 bridgehead atoms. The first-order chi connectivity index (χ1) is 9.87. The summed E-state index contributed by atoms with van der Waals surface area (Å²) in [7, 11) is 0. The van der Waals surface area contributed by atoms with Crippen molar-refractivity contribution in [3.8, 4) is 6.07 Å². The lowest BCUT2D eigenvalue weighted by Crippen LogP contribution is -2.18. The maximum Gasteiger partial charge on any atom is 0.287 e. The lowest BCUT2D eigenvalue weighted by molar-refractivity contribution is -0.394. The molecule has 0 aromatic heterocycles. The van der Waals surface area contributed by atoms with E-state index in [1.165, 1.54) is 27.6 Å². The molecule has 0 N–H and O–H groups in total. The van der Waals surface area contributed by atoms with Gasteiger partial charge in [-0.15, -0.1) is 0 Å². The summed E-state index contributed by atoms with van der Waals surface area (Å²) >= 11 is 7.46. The van der Waals surface area contributed by atoms with E-state index in [0.717, 1.165) is 12.1 Å². The molecule has 0 aliphatic carbocycles. The molecule has 0 spiro atoms. The highest BCUT2D eigenvalue weighted by molar-refractivity contribution is 8.13. The Balaban J connectivity index is 3.68. The summed E-state index contributed by atoms with van der Waals surface area (Å²) in [6, 6.07) is 3.62. The Morgan fingerprint density at radius 3 is 1.95 bits per heavy atom. The number of nitro benzene ring substituents is 2. The van der Waals surface area contributed by atoms with Crippen molar-refractivity contribution in [1.29, 1.82) is 5.26 Å². The van der Waals surface area contributed by atoms with E-state index in [0.29, 0.717) is 0 Å². The van der Waals surface area contributed by atoms with E-state index in [4.69, 9.17) is 17.5 Å².